The Morgan fingerprint density at radius 2 is 1.93 bits per heavy atom. The fourth-order valence-electron chi connectivity index (χ4n) is 2.99. The van der Waals surface area contributed by atoms with Crippen LogP contribution in [0, 0.1) is 5.82 Å². The van der Waals surface area contributed by atoms with Gasteiger partial charge < -0.3 is 5.32 Å². The Morgan fingerprint density at radius 3 is 2.67 bits per heavy atom. The number of nitrogens with zero attached hydrogens (tertiary/aromatic N) is 2. The maximum absolute atomic E-state index is 13.1. The van der Waals surface area contributed by atoms with Crippen molar-refractivity contribution in [2.24, 2.45) is 0 Å². The summed E-state index contributed by atoms with van der Waals surface area (Å²) in [5.74, 6) is -0.0824. The molecule has 0 radical (unpaired) electrons. The van der Waals surface area contributed by atoms with Gasteiger partial charge in [-0.05, 0) is 54.1 Å². The van der Waals surface area contributed by atoms with Gasteiger partial charge in [-0.2, -0.15) is 0 Å². The minimum atomic E-state index is -0.392. The van der Waals surface area contributed by atoms with Gasteiger partial charge in [0.2, 0.25) is 0 Å². The molecule has 1 unspecified atom stereocenters. The van der Waals surface area contributed by atoms with Gasteiger partial charge >= 0.3 is 0 Å². The third kappa shape index (κ3) is 4.55. The van der Waals surface area contributed by atoms with E-state index in [0.29, 0.717) is 16.4 Å². The molecule has 6 nitrogen and oxygen atoms in total. The summed E-state index contributed by atoms with van der Waals surface area (Å²) in [7, 11) is 0. The summed E-state index contributed by atoms with van der Waals surface area (Å²) in [6, 6.07) is 13.7. The number of hydrogen-bond acceptors (Lipinski definition) is 6. The largest absolute Gasteiger partial charge is 0.362 e. The maximum atomic E-state index is 13.1. The zero-order valence-corrected chi connectivity index (χ0v) is 16.7. The van der Waals surface area contributed by atoms with Gasteiger partial charge in [-0.3, -0.25) is 19.9 Å². The molecule has 2 aromatic carbocycles. The molecule has 0 saturated carbocycles. The molecule has 0 bridgehead atoms. The summed E-state index contributed by atoms with van der Waals surface area (Å²) in [4.78, 5) is 32.3. The Labute approximate surface area is 176 Å². The van der Waals surface area contributed by atoms with Crippen LogP contribution in [0.25, 0.3) is 17.3 Å². The molecular formula is C22H17FN4O2S. The molecule has 1 fully saturated rings. The topological polar surface area (TPSA) is 84.0 Å². The Hall–Kier alpha value is -3.52. The van der Waals surface area contributed by atoms with E-state index < -0.39 is 5.91 Å². The van der Waals surface area contributed by atoms with Gasteiger partial charge in [-0.15, -0.1) is 0 Å². The van der Waals surface area contributed by atoms with Crippen LogP contribution in [0.4, 0.5) is 15.0 Å². The lowest BCUT2D eigenvalue weighted by atomic mass is 10.1. The molecule has 2 amide bonds. The molecule has 150 valence electrons. The molecule has 1 saturated heterocycles. The molecule has 1 aliphatic heterocycles. The predicted octanol–water partition coefficient (Wildman–Crippen LogP) is 4.78. The summed E-state index contributed by atoms with van der Waals surface area (Å²) in [6.45, 7) is 1.96. The Morgan fingerprint density at radius 1 is 1.13 bits per heavy atom. The number of nitrogens with one attached hydrogen (secondary N) is 2. The van der Waals surface area contributed by atoms with Crippen molar-refractivity contribution in [2.75, 3.05) is 5.32 Å². The molecular weight excluding hydrogens is 403 g/mol. The fraction of sp³-hybridized carbons (Fsp3) is 0.0909. The average molecular weight is 420 g/mol. The smallest absolute Gasteiger partial charge is 0.290 e. The van der Waals surface area contributed by atoms with Crippen molar-refractivity contribution in [1.29, 1.82) is 0 Å². The molecule has 0 aliphatic carbocycles. The van der Waals surface area contributed by atoms with E-state index >= 15 is 0 Å². The third-order valence-electron chi connectivity index (χ3n) is 4.49. The zero-order chi connectivity index (χ0) is 21.1. The van der Waals surface area contributed by atoms with Crippen molar-refractivity contribution in [3.05, 3.63) is 82.8 Å². The van der Waals surface area contributed by atoms with Crippen LogP contribution in [0.5, 0.6) is 0 Å². The molecule has 1 aromatic heterocycles. The van der Waals surface area contributed by atoms with Crippen LogP contribution in [0.2, 0.25) is 0 Å². The first-order valence-corrected chi connectivity index (χ1v) is 9.99. The molecule has 4 rings (SSSR count). The van der Waals surface area contributed by atoms with Crippen LogP contribution in [0.15, 0.2) is 65.8 Å². The highest BCUT2D eigenvalue weighted by atomic mass is 32.2. The number of aromatic nitrogens is 2. The van der Waals surface area contributed by atoms with Gasteiger partial charge in [0.25, 0.3) is 11.1 Å². The molecule has 1 atom stereocenters. The standard InChI is InChI=1S/C22H17FN4O2S/c1-13(15-5-7-17(23)8-6-15)25-20-12-24-11-18(26-20)16-4-2-3-14(9-16)10-19-21(28)27-22(29)30-19/h2-13H,1H3,(H,25,26)(H,27,28,29)/b19-10+. The van der Waals surface area contributed by atoms with E-state index in [4.69, 9.17) is 0 Å². The van der Waals surface area contributed by atoms with Gasteiger partial charge in [0.15, 0.2) is 0 Å². The van der Waals surface area contributed by atoms with Crippen LogP contribution in [0.1, 0.15) is 24.1 Å². The van der Waals surface area contributed by atoms with Gasteiger partial charge in [0.05, 0.1) is 23.0 Å². The number of carbonyl (C=O) groups is 2. The lowest BCUT2D eigenvalue weighted by Crippen LogP contribution is -2.17. The number of amides is 2. The lowest BCUT2D eigenvalue weighted by Gasteiger charge is -2.15. The number of carbonyl (C=O) groups excluding carboxylic acids is 2. The number of thioether (sulfide) groups is 1. The number of halogens is 1. The monoisotopic (exact) mass is 420 g/mol. The number of anilines is 1. The molecule has 3 aromatic rings. The molecule has 8 heteroatoms. The second kappa shape index (κ2) is 8.46. The number of rotatable bonds is 5. The second-order valence-corrected chi connectivity index (χ2v) is 7.70. The minimum Gasteiger partial charge on any atom is -0.362 e. The second-order valence-electron chi connectivity index (χ2n) is 6.68. The Bertz CT molecular complexity index is 1150. The van der Waals surface area contributed by atoms with E-state index in [-0.39, 0.29) is 17.1 Å². The van der Waals surface area contributed by atoms with E-state index in [1.807, 2.05) is 31.2 Å². The van der Waals surface area contributed by atoms with Crippen LogP contribution in [-0.2, 0) is 4.79 Å². The van der Waals surface area contributed by atoms with Crippen molar-refractivity contribution >= 4 is 34.8 Å². The highest BCUT2D eigenvalue weighted by molar-refractivity contribution is 8.18. The predicted molar refractivity (Wildman–Crippen MR) is 115 cm³/mol. The van der Waals surface area contributed by atoms with E-state index in [2.05, 4.69) is 20.6 Å². The zero-order valence-electron chi connectivity index (χ0n) is 15.9. The Kier molecular flexibility index (Phi) is 5.58. The quantitative estimate of drug-likeness (QED) is 0.578. The number of imide groups is 1. The molecule has 2 heterocycles. The molecule has 0 spiro atoms. The van der Waals surface area contributed by atoms with Gasteiger partial charge in [-0.1, -0.05) is 30.3 Å². The highest BCUT2D eigenvalue weighted by Crippen LogP contribution is 2.27. The van der Waals surface area contributed by atoms with E-state index in [0.717, 1.165) is 28.5 Å². The summed E-state index contributed by atoms with van der Waals surface area (Å²) in [5, 5.41) is 5.14. The van der Waals surface area contributed by atoms with Crippen LogP contribution >= 0.6 is 11.8 Å². The first-order valence-electron chi connectivity index (χ1n) is 9.17. The van der Waals surface area contributed by atoms with Crippen molar-refractivity contribution in [2.45, 2.75) is 13.0 Å². The summed E-state index contributed by atoms with van der Waals surface area (Å²) < 4.78 is 13.1. The number of benzene rings is 2. The summed E-state index contributed by atoms with van der Waals surface area (Å²) in [6.07, 6.45) is 4.95. The van der Waals surface area contributed by atoms with E-state index in [1.54, 1.807) is 30.6 Å². The average Bonchev–Trinajstić information content (AvgIpc) is 3.05. The summed E-state index contributed by atoms with van der Waals surface area (Å²) in [5.41, 5.74) is 3.19. The third-order valence-corrected chi connectivity index (χ3v) is 5.30. The van der Waals surface area contributed by atoms with Crippen LogP contribution in [0.3, 0.4) is 0 Å². The molecule has 1 aliphatic rings. The Balaban J connectivity index is 1.55. The van der Waals surface area contributed by atoms with Crippen molar-refractivity contribution in [3.63, 3.8) is 0 Å². The van der Waals surface area contributed by atoms with Gasteiger partial charge in [0.1, 0.15) is 11.6 Å². The fourth-order valence-corrected chi connectivity index (χ4v) is 3.67. The SMILES string of the molecule is CC(Nc1cncc(-c2cccc(/C=C3/SC(=O)NC3=O)c2)n1)c1ccc(F)cc1. The molecule has 2 N–H and O–H groups in total. The van der Waals surface area contributed by atoms with E-state index in [9.17, 15) is 14.0 Å². The van der Waals surface area contributed by atoms with Crippen LogP contribution in [-0.4, -0.2) is 21.1 Å². The maximum Gasteiger partial charge on any atom is 0.290 e. The normalized spacial score (nSPS) is 15.9. The minimum absolute atomic E-state index is 0.0818. The van der Waals surface area contributed by atoms with Crippen molar-refractivity contribution < 1.29 is 14.0 Å². The molecule has 30 heavy (non-hydrogen) atoms. The van der Waals surface area contributed by atoms with Gasteiger partial charge in [0, 0.05) is 11.6 Å². The first kappa shape index (κ1) is 19.8. The van der Waals surface area contributed by atoms with E-state index in [1.165, 1.54) is 12.1 Å². The highest BCUT2D eigenvalue weighted by Gasteiger charge is 2.24. The van der Waals surface area contributed by atoms with Gasteiger partial charge in [-0.25, -0.2) is 9.37 Å². The van der Waals surface area contributed by atoms with Crippen molar-refractivity contribution in [1.82, 2.24) is 15.3 Å². The van der Waals surface area contributed by atoms with Crippen LogP contribution < -0.4 is 10.6 Å². The lowest BCUT2D eigenvalue weighted by molar-refractivity contribution is -0.115. The van der Waals surface area contributed by atoms with Crippen molar-refractivity contribution in [3.8, 4) is 11.3 Å². The summed E-state index contributed by atoms with van der Waals surface area (Å²) >= 11 is 0.878. The number of hydrogen-bond donors (Lipinski definition) is 2. The first-order chi connectivity index (χ1) is 14.5.